The predicted molar refractivity (Wildman–Crippen MR) is 80.5 cm³/mol. The average molecular weight is 373 g/mol. The zero-order valence-corrected chi connectivity index (χ0v) is 12.7. The summed E-state index contributed by atoms with van der Waals surface area (Å²) in [6.07, 6.45) is 0. The fourth-order valence-corrected chi connectivity index (χ4v) is 2.32. The number of amides is 1. The standard InChI is InChI=1S/C14H8BrClFNO3/c15-7-4-5-8(14(20)21)11(6-7)18-13(19)12-9(16)2-1-3-10(12)17/h1-6H,(H,18,19)(H,20,21). The Morgan fingerprint density at radius 1 is 1.24 bits per heavy atom. The molecule has 7 heteroatoms. The SMILES string of the molecule is O=C(O)c1ccc(Br)cc1NC(=O)c1c(F)cccc1Cl. The van der Waals surface area contributed by atoms with Crippen LogP contribution in [0.15, 0.2) is 40.9 Å². The first-order chi connectivity index (χ1) is 9.90. The van der Waals surface area contributed by atoms with Crippen LogP contribution in [0, 0.1) is 5.82 Å². The van der Waals surface area contributed by atoms with Gasteiger partial charge in [0.25, 0.3) is 5.91 Å². The minimum absolute atomic E-state index is 0.0428. The molecule has 2 N–H and O–H groups in total. The van der Waals surface area contributed by atoms with Gasteiger partial charge in [0.2, 0.25) is 0 Å². The summed E-state index contributed by atoms with van der Waals surface area (Å²) < 4.78 is 14.2. The van der Waals surface area contributed by atoms with E-state index in [1.807, 2.05) is 0 Å². The second-order valence-corrected chi connectivity index (χ2v) is 5.37. The Morgan fingerprint density at radius 2 is 1.95 bits per heavy atom. The molecular formula is C14H8BrClFNO3. The summed E-state index contributed by atoms with van der Waals surface area (Å²) in [5.74, 6) is -2.82. The maximum Gasteiger partial charge on any atom is 0.337 e. The molecule has 0 atom stereocenters. The highest BCUT2D eigenvalue weighted by atomic mass is 79.9. The van der Waals surface area contributed by atoms with Crippen LogP contribution < -0.4 is 5.32 Å². The molecule has 2 aromatic rings. The number of carboxylic acid groups (broad SMARTS) is 1. The number of carboxylic acids is 1. The highest BCUT2D eigenvalue weighted by Gasteiger charge is 2.18. The lowest BCUT2D eigenvalue weighted by Gasteiger charge is -2.10. The van der Waals surface area contributed by atoms with E-state index >= 15 is 0 Å². The first kappa shape index (κ1) is 15.5. The van der Waals surface area contributed by atoms with Gasteiger partial charge >= 0.3 is 5.97 Å². The van der Waals surface area contributed by atoms with Crippen LogP contribution in [0.25, 0.3) is 0 Å². The molecule has 0 spiro atoms. The van der Waals surface area contributed by atoms with Crippen LogP contribution in [-0.4, -0.2) is 17.0 Å². The minimum Gasteiger partial charge on any atom is -0.478 e. The van der Waals surface area contributed by atoms with Crippen molar-refractivity contribution in [3.8, 4) is 0 Å². The molecule has 0 saturated heterocycles. The largest absolute Gasteiger partial charge is 0.478 e. The number of aromatic carboxylic acids is 1. The van der Waals surface area contributed by atoms with E-state index < -0.39 is 17.7 Å². The Hall–Kier alpha value is -1.92. The van der Waals surface area contributed by atoms with Gasteiger partial charge in [-0.1, -0.05) is 33.6 Å². The van der Waals surface area contributed by atoms with Crippen LogP contribution in [-0.2, 0) is 0 Å². The maximum atomic E-state index is 13.7. The van der Waals surface area contributed by atoms with Gasteiger partial charge in [-0.05, 0) is 30.3 Å². The average Bonchev–Trinajstić information content (AvgIpc) is 2.38. The van der Waals surface area contributed by atoms with E-state index in [-0.39, 0.29) is 21.8 Å². The van der Waals surface area contributed by atoms with Crippen molar-refractivity contribution in [2.24, 2.45) is 0 Å². The fraction of sp³-hybridized carbons (Fsp3) is 0. The summed E-state index contributed by atoms with van der Waals surface area (Å²) in [6, 6.07) is 8.10. The zero-order valence-electron chi connectivity index (χ0n) is 10.4. The normalized spacial score (nSPS) is 10.2. The lowest BCUT2D eigenvalue weighted by atomic mass is 10.1. The van der Waals surface area contributed by atoms with Gasteiger partial charge in [-0.3, -0.25) is 4.79 Å². The molecule has 21 heavy (non-hydrogen) atoms. The second-order valence-electron chi connectivity index (χ2n) is 4.05. The molecule has 2 aromatic carbocycles. The molecule has 0 aliphatic carbocycles. The van der Waals surface area contributed by atoms with Gasteiger partial charge in [-0.25, -0.2) is 9.18 Å². The highest BCUT2D eigenvalue weighted by molar-refractivity contribution is 9.10. The van der Waals surface area contributed by atoms with E-state index in [1.54, 1.807) is 0 Å². The molecule has 0 aliphatic heterocycles. The zero-order chi connectivity index (χ0) is 15.6. The van der Waals surface area contributed by atoms with E-state index in [9.17, 15) is 14.0 Å². The number of carbonyl (C=O) groups is 2. The molecule has 1 amide bonds. The molecule has 0 unspecified atom stereocenters. The van der Waals surface area contributed by atoms with Crippen LogP contribution in [0.1, 0.15) is 20.7 Å². The highest BCUT2D eigenvalue weighted by Crippen LogP contribution is 2.24. The second kappa shape index (κ2) is 6.24. The summed E-state index contributed by atoms with van der Waals surface area (Å²) in [5.41, 5.74) is -0.407. The predicted octanol–water partition coefficient (Wildman–Crippen LogP) is 4.19. The lowest BCUT2D eigenvalue weighted by molar-refractivity contribution is 0.0698. The number of anilines is 1. The minimum atomic E-state index is -1.21. The van der Waals surface area contributed by atoms with E-state index in [2.05, 4.69) is 21.2 Å². The Morgan fingerprint density at radius 3 is 2.57 bits per heavy atom. The smallest absolute Gasteiger partial charge is 0.337 e. The lowest BCUT2D eigenvalue weighted by Crippen LogP contribution is -2.16. The molecule has 4 nitrogen and oxygen atoms in total. The molecule has 0 radical (unpaired) electrons. The summed E-state index contributed by atoms with van der Waals surface area (Å²) in [5, 5.41) is 11.4. The number of hydrogen-bond donors (Lipinski definition) is 2. The van der Waals surface area contributed by atoms with Crippen molar-refractivity contribution in [1.82, 2.24) is 0 Å². The van der Waals surface area contributed by atoms with Crippen molar-refractivity contribution in [2.75, 3.05) is 5.32 Å². The molecule has 0 aromatic heterocycles. The molecule has 0 heterocycles. The number of nitrogens with one attached hydrogen (secondary N) is 1. The van der Waals surface area contributed by atoms with Crippen molar-refractivity contribution < 1.29 is 19.1 Å². The molecule has 108 valence electrons. The number of halogens is 3. The Labute approximate surface area is 132 Å². The van der Waals surface area contributed by atoms with Gasteiger partial charge in [0.15, 0.2) is 0 Å². The summed E-state index contributed by atoms with van der Waals surface area (Å²) in [4.78, 5) is 23.2. The van der Waals surface area contributed by atoms with Crippen LogP contribution >= 0.6 is 27.5 Å². The van der Waals surface area contributed by atoms with Gasteiger partial charge in [0.05, 0.1) is 21.8 Å². The number of carbonyl (C=O) groups excluding carboxylic acids is 1. The van der Waals surface area contributed by atoms with E-state index in [4.69, 9.17) is 16.7 Å². The Kier molecular flexibility index (Phi) is 4.59. The summed E-state index contributed by atoms with van der Waals surface area (Å²) in [6.45, 7) is 0. The van der Waals surface area contributed by atoms with Gasteiger partial charge in [-0.15, -0.1) is 0 Å². The third-order valence-electron chi connectivity index (χ3n) is 2.65. The molecule has 0 fully saturated rings. The monoisotopic (exact) mass is 371 g/mol. The van der Waals surface area contributed by atoms with Crippen molar-refractivity contribution in [3.63, 3.8) is 0 Å². The van der Waals surface area contributed by atoms with Gasteiger partial charge in [0.1, 0.15) is 5.82 Å². The fourth-order valence-electron chi connectivity index (χ4n) is 1.71. The van der Waals surface area contributed by atoms with Crippen molar-refractivity contribution >= 4 is 45.1 Å². The van der Waals surface area contributed by atoms with E-state index in [0.29, 0.717) is 4.47 Å². The number of rotatable bonds is 3. The Balaban J connectivity index is 2.40. The van der Waals surface area contributed by atoms with Crippen molar-refractivity contribution in [2.45, 2.75) is 0 Å². The molecule has 0 bridgehead atoms. The third-order valence-corrected chi connectivity index (χ3v) is 3.46. The summed E-state index contributed by atoms with van der Waals surface area (Å²) in [7, 11) is 0. The van der Waals surface area contributed by atoms with Crippen LogP contribution in [0.4, 0.5) is 10.1 Å². The quantitative estimate of drug-likeness (QED) is 0.849. The molecule has 0 saturated carbocycles. The topological polar surface area (TPSA) is 66.4 Å². The number of hydrogen-bond acceptors (Lipinski definition) is 2. The maximum absolute atomic E-state index is 13.7. The molecule has 2 rings (SSSR count). The molecular weight excluding hydrogens is 365 g/mol. The first-order valence-electron chi connectivity index (χ1n) is 5.68. The number of benzene rings is 2. The van der Waals surface area contributed by atoms with Crippen LogP contribution in [0.2, 0.25) is 5.02 Å². The summed E-state index contributed by atoms with van der Waals surface area (Å²) >= 11 is 8.97. The van der Waals surface area contributed by atoms with Gasteiger partial charge in [0, 0.05) is 4.47 Å². The molecule has 0 aliphatic rings. The van der Waals surface area contributed by atoms with E-state index in [0.717, 1.165) is 6.07 Å². The van der Waals surface area contributed by atoms with Crippen molar-refractivity contribution in [1.29, 1.82) is 0 Å². The van der Waals surface area contributed by atoms with Crippen molar-refractivity contribution in [3.05, 3.63) is 62.8 Å². The van der Waals surface area contributed by atoms with Gasteiger partial charge in [-0.2, -0.15) is 0 Å². The van der Waals surface area contributed by atoms with Crippen LogP contribution in [0.3, 0.4) is 0 Å². The third kappa shape index (κ3) is 3.40. The van der Waals surface area contributed by atoms with E-state index in [1.165, 1.54) is 30.3 Å². The van der Waals surface area contributed by atoms with Crippen LogP contribution in [0.5, 0.6) is 0 Å². The first-order valence-corrected chi connectivity index (χ1v) is 6.85. The van der Waals surface area contributed by atoms with Gasteiger partial charge < -0.3 is 10.4 Å². The Bertz CT molecular complexity index is 716.